The molecular formula is C20H22ClN3O4S. The zero-order valence-corrected chi connectivity index (χ0v) is 17.8. The number of thiophene rings is 1. The Balaban J connectivity index is 1.72. The largest absolute Gasteiger partial charge is 0.462 e. The molecule has 1 aromatic carbocycles. The second-order valence-corrected chi connectivity index (χ2v) is 8.10. The number of rotatable bonds is 7. The van der Waals surface area contributed by atoms with Crippen molar-refractivity contribution in [2.75, 3.05) is 29.1 Å². The predicted octanol–water partition coefficient (Wildman–Crippen LogP) is 4.08. The number of hydrogen-bond acceptors (Lipinski definition) is 6. The molecule has 1 aliphatic rings. The first-order valence-electron chi connectivity index (χ1n) is 9.31. The smallest absolute Gasteiger partial charge is 0.341 e. The van der Waals surface area contributed by atoms with Gasteiger partial charge < -0.3 is 20.7 Å². The number of benzene rings is 1. The van der Waals surface area contributed by atoms with Crippen LogP contribution >= 0.6 is 22.9 Å². The summed E-state index contributed by atoms with van der Waals surface area (Å²) in [5.41, 5.74) is 2.51. The molecule has 0 unspecified atom stereocenters. The first-order valence-corrected chi connectivity index (χ1v) is 10.5. The highest BCUT2D eigenvalue weighted by molar-refractivity contribution is 7.17. The summed E-state index contributed by atoms with van der Waals surface area (Å²) in [5, 5.41) is 9.48. The highest BCUT2D eigenvalue weighted by Crippen LogP contribution is 2.39. The van der Waals surface area contributed by atoms with Gasteiger partial charge in [-0.3, -0.25) is 9.59 Å². The highest BCUT2D eigenvalue weighted by Gasteiger charge is 2.28. The number of hydrogen-bond donors (Lipinski definition) is 3. The van der Waals surface area contributed by atoms with Crippen molar-refractivity contribution < 1.29 is 19.1 Å². The van der Waals surface area contributed by atoms with Gasteiger partial charge in [0.25, 0.3) is 0 Å². The lowest BCUT2D eigenvalue weighted by atomic mass is 10.1. The van der Waals surface area contributed by atoms with Crippen LogP contribution in [0.4, 0.5) is 16.4 Å². The van der Waals surface area contributed by atoms with E-state index >= 15 is 0 Å². The molecule has 29 heavy (non-hydrogen) atoms. The number of carbonyl (C=O) groups excluding carboxylic acids is 3. The van der Waals surface area contributed by atoms with E-state index in [0.29, 0.717) is 27.0 Å². The van der Waals surface area contributed by atoms with E-state index in [-0.39, 0.29) is 25.0 Å². The van der Waals surface area contributed by atoms with Crippen molar-refractivity contribution in [3.63, 3.8) is 0 Å². The van der Waals surface area contributed by atoms with Crippen LogP contribution in [0.1, 0.15) is 41.1 Å². The van der Waals surface area contributed by atoms with Crippen LogP contribution in [0.3, 0.4) is 0 Å². The fourth-order valence-electron chi connectivity index (χ4n) is 3.22. The minimum absolute atomic E-state index is 0.0578. The second-order valence-electron chi connectivity index (χ2n) is 6.55. The van der Waals surface area contributed by atoms with Gasteiger partial charge in [0.15, 0.2) is 0 Å². The molecule has 1 aromatic heterocycles. The van der Waals surface area contributed by atoms with Crippen LogP contribution in [-0.2, 0) is 27.2 Å². The lowest BCUT2D eigenvalue weighted by Gasteiger charge is -2.13. The number of carbonyl (C=O) groups is 3. The molecule has 0 fully saturated rings. The third kappa shape index (κ3) is 5.07. The van der Waals surface area contributed by atoms with Gasteiger partial charge >= 0.3 is 5.97 Å². The number of amides is 2. The van der Waals surface area contributed by atoms with E-state index in [1.54, 1.807) is 25.1 Å². The van der Waals surface area contributed by atoms with Gasteiger partial charge in [-0.25, -0.2) is 4.79 Å². The number of esters is 1. The van der Waals surface area contributed by atoms with E-state index in [4.69, 9.17) is 16.3 Å². The lowest BCUT2D eigenvalue weighted by molar-refractivity contribution is -0.115. The molecule has 9 heteroatoms. The van der Waals surface area contributed by atoms with Gasteiger partial charge in [0.2, 0.25) is 11.8 Å². The van der Waals surface area contributed by atoms with Crippen molar-refractivity contribution >= 4 is 57.1 Å². The van der Waals surface area contributed by atoms with Crippen LogP contribution in [0.15, 0.2) is 18.2 Å². The molecule has 0 spiro atoms. The molecule has 3 N–H and O–H groups in total. The summed E-state index contributed by atoms with van der Waals surface area (Å²) < 4.78 is 5.17. The SMILES string of the molecule is CCOC(=O)c1c(NC(=O)CNc2cc(Cl)ccc2NC(C)=O)sc2c1CCC2. The topological polar surface area (TPSA) is 96.5 Å². The molecule has 154 valence electrons. The minimum atomic E-state index is -0.405. The van der Waals surface area contributed by atoms with Crippen molar-refractivity contribution in [3.05, 3.63) is 39.2 Å². The Morgan fingerprint density at radius 2 is 1.97 bits per heavy atom. The van der Waals surface area contributed by atoms with Crippen LogP contribution in [0.2, 0.25) is 5.02 Å². The van der Waals surface area contributed by atoms with Crippen molar-refractivity contribution in [1.82, 2.24) is 0 Å². The van der Waals surface area contributed by atoms with E-state index in [1.165, 1.54) is 18.3 Å². The normalized spacial score (nSPS) is 12.2. The van der Waals surface area contributed by atoms with Crippen molar-refractivity contribution in [3.8, 4) is 0 Å². The van der Waals surface area contributed by atoms with Crippen molar-refractivity contribution in [1.29, 1.82) is 0 Å². The standard InChI is InChI=1S/C20H22ClN3O4S/c1-3-28-20(27)18-13-5-4-6-16(13)29-19(18)24-17(26)10-22-15-9-12(21)7-8-14(15)23-11(2)25/h7-9,22H,3-6,10H2,1-2H3,(H,23,25)(H,24,26). The summed E-state index contributed by atoms with van der Waals surface area (Å²) in [6.07, 6.45) is 2.73. The zero-order chi connectivity index (χ0) is 21.0. The van der Waals surface area contributed by atoms with Gasteiger partial charge in [0, 0.05) is 16.8 Å². The summed E-state index contributed by atoms with van der Waals surface area (Å²) >= 11 is 7.45. The van der Waals surface area contributed by atoms with Crippen molar-refractivity contribution in [2.24, 2.45) is 0 Å². The average Bonchev–Trinajstić information content (AvgIpc) is 3.22. The Labute approximate surface area is 177 Å². The molecule has 3 rings (SSSR count). The van der Waals surface area contributed by atoms with Gasteiger partial charge in [0.05, 0.1) is 30.1 Å². The number of ether oxygens (including phenoxy) is 1. The molecule has 0 aliphatic heterocycles. The maximum absolute atomic E-state index is 12.5. The molecule has 0 atom stereocenters. The average molecular weight is 436 g/mol. The molecule has 0 bridgehead atoms. The Morgan fingerprint density at radius 1 is 1.17 bits per heavy atom. The second kappa shape index (κ2) is 9.28. The molecule has 1 aliphatic carbocycles. The van der Waals surface area contributed by atoms with Gasteiger partial charge in [0.1, 0.15) is 5.00 Å². The number of aryl methyl sites for hydroxylation is 1. The maximum atomic E-state index is 12.5. The Bertz CT molecular complexity index is 957. The number of halogens is 1. The van der Waals surface area contributed by atoms with Gasteiger partial charge in [-0.05, 0) is 49.9 Å². The molecule has 0 saturated carbocycles. The maximum Gasteiger partial charge on any atom is 0.341 e. The molecule has 0 saturated heterocycles. The summed E-state index contributed by atoms with van der Waals surface area (Å²) in [6.45, 7) is 3.37. The van der Waals surface area contributed by atoms with E-state index in [0.717, 1.165) is 29.7 Å². The Hall–Kier alpha value is -2.58. The van der Waals surface area contributed by atoms with Gasteiger partial charge in [-0.15, -0.1) is 11.3 Å². The molecule has 2 aromatic rings. The third-order valence-corrected chi connectivity index (χ3v) is 5.83. The molecule has 0 radical (unpaired) electrons. The first kappa shape index (κ1) is 21.1. The summed E-state index contributed by atoms with van der Waals surface area (Å²) in [6, 6.07) is 4.94. The quantitative estimate of drug-likeness (QED) is 0.569. The van der Waals surface area contributed by atoms with E-state index < -0.39 is 5.97 Å². The van der Waals surface area contributed by atoms with E-state index in [9.17, 15) is 14.4 Å². The zero-order valence-electron chi connectivity index (χ0n) is 16.2. The monoisotopic (exact) mass is 435 g/mol. The van der Waals surface area contributed by atoms with Gasteiger partial charge in [-0.1, -0.05) is 11.6 Å². The fraction of sp³-hybridized carbons (Fsp3) is 0.350. The lowest BCUT2D eigenvalue weighted by Crippen LogP contribution is -2.23. The van der Waals surface area contributed by atoms with Crippen LogP contribution in [0.5, 0.6) is 0 Å². The molecule has 1 heterocycles. The van der Waals surface area contributed by atoms with Crippen LogP contribution in [-0.4, -0.2) is 30.9 Å². The molecule has 2 amide bonds. The van der Waals surface area contributed by atoms with E-state index in [1.807, 2.05) is 0 Å². The Morgan fingerprint density at radius 3 is 2.69 bits per heavy atom. The molecule has 7 nitrogen and oxygen atoms in total. The van der Waals surface area contributed by atoms with Crippen molar-refractivity contribution in [2.45, 2.75) is 33.1 Å². The third-order valence-electron chi connectivity index (χ3n) is 4.39. The Kier molecular flexibility index (Phi) is 6.76. The predicted molar refractivity (Wildman–Crippen MR) is 115 cm³/mol. The highest BCUT2D eigenvalue weighted by atomic mass is 35.5. The summed E-state index contributed by atoms with van der Waals surface area (Å²) in [7, 11) is 0. The fourth-order valence-corrected chi connectivity index (χ4v) is 4.68. The van der Waals surface area contributed by atoms with E-state index in [2.05, 4.69) is 16.0 Å². The minimum Gasteiger partial charge on any atom is -0.462 e. The van der Waals surface area contributed by atoms with Crippen LogP contribution in [0.25, 0.3) is 0 Å². The number of anilines is 3. The summed E-state index contributed by atoms with van der Waals surface area (Å²) in [4.78, 5) is 37.4. The number of nitrogens with one attached hydrogen (secondary N) is 3. The van der Waals surface area contributed by atoms with Crippen LogP contribution < -0.4 is 16.0 Å². The number of fused-ring (bicyclic) bond motifs is 1. The van der Waals surface area contributed by atoms with Gasteiger partial charge in [-0.2, -0.15) is 0 Å². The summed E-state index contributed by atoms with van der Waals surface area (Å²) in [5.74, 6) is -0.950. The molecular weight excluding hydrogens is 414 g/mol. The first-order chi connectivity index (χ1) is 13.9. The van der Waals surface area contributed by atoms with Crippen LogP contribution in [0, 0.1) is 0 Å².